The molecule has 0 bridgehead atoms. The molecule has 0 aliphatic rings. The number of nitrogens with zero attached hydrogens (tertiary/aromatic N) is 2. The van der Waals surface area contributed by atoms with Crippen molar-refractivity contribution in [1.29, 1.82) is 0 Å². The van der Waals surface area contributed by atoms with Gasteiger partial charge in [0.05, 0.1) is 13.7 Å². The van der Waals surface area contributed by atoms with Crippen molar-refractivity contribution in [1.82, 2.24) is 9.78 Å². The summed E-state index contributed by atoms with van der Waals surface area (Å²) < 4.78 is 28.4. The first-order valence-electron chi connectivity index (χ1n) is 5.36. The molecule has 1 aromatic heterocycles. The molecule has 2 aromatic rings. The summed E-state index contributed by atoms with van der Waals surface area (Å²) >= 11 is -2.28. The summed E-state index contributed by atoms with van der Waals surface area (Å²) in [6, 6.07) is 7.56. The second-order valence-corrected chi connectivity index (χ2v) is 4.75. The molecule has 5 nitrogen and oxygen atoms in total. The van der Waals surface area contributed by atoms with Gasteiger partial charge in [0.1, 0.15) is 10.8 Å². The van der Waals surface area contributed by atoms with Crippen LogP contribution in [0.5, 0.6) is 5.75 Å². The molecule has 19 heavy (non-hydrogen) atoms. The van der Waals surface area contributed by atoms with E-state index >= 15 is 0 Å². The summed E-state index contributed by atoms with van der Waals surface area (Å²) in [5.41, 5.74) is 1.68. The number of aryl methyl sites for hydroxylation is 1. The van der Waals surface area contributed by atoms with Gasteiger partial charge in [-0.15, -0.1) is 0 Å². The third-order valence-electron chi connectivity index (χ3n) is 2.56. The van der Waals surface area contributed by atoms with Crippen LogP contribution in [-0.2, 0) is 17.6 Å². The summed E-state index contributed by atoms with van der Waals surface area (Å²) in [5.74, 6) is 0.789. The molecule has 0 spiro atoms. The van der Waals surface area contributed by atoms with Crippen LogP contribution in [0.15, 0.2) is 35.5 Å². The van der Waals surface area contributed by atoms with Crippen LogP contribution in [-0.4, -0.2) is 25.7 Å². The molecule has 0 N–H and O–H groups in total. The van der Waals surface area contributed by atoms with E-state index in [9.17, 15) is 8.76 Å². The van der Waals surface area contributed by atoms with Crippen LogP contribution in [0.3, 0.4) is 0 Å². The molecule has 7 heteroatoms. The van der Waals surface area contributed by atoms with Gasteiger partial charge < -0.3 is 9.29 Å². The van der Waals surface area contributed by atoms with Crippen LogP contribution < -0.4 is 34.3 Å². The Hall–Kier alpha value is -0.660. The first kappa shape index (κ1) is 16.4. The van der Waals surface area contributed by atoms with E-state index < -0.39 is 11.1 Å². The van der Waals surface area contributed by atoms with Gasteiger partial charge in [0.2, 0.25) is 0 Å². The van der Waals surface area contributed by atoms with Crippen molar-refractivity contribution in [3.63, 3.8) is 0 Å². The molecule has 0 saturated heterocycles. The van der Waals surface area contributed by atoms with Crippen LogP contribution >= 0.6 is 0 Å². The molecule has 0 saturated carbocycles. The van der Waals surface area contributed by atoms with Gasteiger partial charge >= 0.3 is 29.6 Å². The Bertz CT molecular complexity index is 569. The monoisotopic (exact) mass is 288 g/mol. The van der Waals surface area contributed by atoms with Crippen LogP contribution in [0.1, 0.15) is 11.1 Å². The maximum Gasteiger partial charge on any atom is 1.00 e. The van der Waals surface area contributed by atoms with Gasteiger partial charge in [-0.2, -0.15) is 5.10 Å². The Balaban J connectivity index is 0.00000180. The van der Waals surface area contributed by atoms with Crippen molar-refractivity contribution in [3.8, 4) is 5.75 Å². The maximum absolute atomic E-state index is 10.9. The molecule has 2 rings (SSSR count). The van der Waals surface area contributed by atoms with E-state index in [2.05, 4.69) is 5.10 Å². The van der Waals surface area contributed by atoms with Gasteiger partial charge in [-0.3, -0.25) is 8.89 Å². The summed E-state index contributed by atoms with van der Waals surface area (Å²) in [7, 11) is 1.61. The topological polar surface area (TPSA) is 67.2 Å². The Morgan fingerprint density at radius 3 is 2.47 bits per heavy atom. The van der Waals surface area contributed by atoms with E-state index in [-0.39, 0.29) is 34.6 Å². The first-order valence-corrected chi connectivity index (χ1v) is 6.44. The number of hydrogen-bond acceptors (Lipinski definition) is 4. The Labute approximate surface area is 136 Å². The third-order valence-corrected chi connectivity index (χ3v) is 3.28. The number of ether oxygens (including phenoxy) is 1. The van der Waals surface area contributed by atoms with Gasteiger partial charge in [-0.05, 0) is 35.7 Å². The van der Waals surface area contributed by atoms with Crippen molar-refractivity contribution in [2.75, 3.05) is 7.11 Å². The smallest absolute Gasteiger partial charge is 0.767 e. The van der Waals surface area contributed by atoms with Gasteiger partial charge in [-0.25, -0.2) is 0 Å². The van der Waals surface area contributed by atoms with Crippen LogP contribution in [0.25, 0.3) is 0 Å². The second-order valence-electron chi connectivity index (χ2n) is 3.90. The number of benzene rings is 1. The summed E-state index contributed by atoms with van der Waals surface area (Å²) in [6.45, 7) is 2.25. The van der Waals surface area contributed by atoms with Crippen molar-refractivity contribution in [2.24, 2.45) is 0 Å². The molecular weight excluding hydrogens is 275 g/mol. The predicted molar refractivity (Wildman–Crippen MR) is 66.2 cm³/mol. The van der Waals surface area contributed by atoms with Crippen LogP contribution in [0.2, 0.25) is 0 Å². The zero-order valence-electron chi connectivity index (χ0n) is 11.1. The Morgan fingerprint density at radius 2 is 2.00 bits per heavy atom. The molecule has 0 radical (unpaired) electrons. The van der Waals surface area contributed by atoms with Crippen LogP contribution in [0, 0.1) is 6.92 Å². The van der Waals surface area contributed by atoms with Gasteiger partial charge in [0.25, 0.3) is 0 Å². The molecule has 1 heterocycles. The minimum absolute atomic E-state index is 0. The van der Waals surface area contributed by atoms with E-state index in [1.54, 1.807) is 24.9 Å². The largest absolute Gasteiger partial charge is 1.00 e. The molecule has 96 valence electrons. The normalized spacial score (nSPS) is 11.7. The fraction of sp³-hybridized carbons (Fsp3) is 0.250. The van der Waals surface area contributed by atoms with Crippen molar-refractivity contribution in [2.45, 2.75) is 18.5 Å². The molecule has 0 aliphatic heterocycles. The molecular formula is C12H13N2NaO3S. The zero-order valence-corrected chi connectivity index (χ0v) is 13.9. The first-order chi connectivity index (χ1) is 8.60. The molecule has 0 fully saturated rings. The summed E-state index contributed by atoms with van der Waals surface area (Å²) in [4.78, 5) is 0. The third kappa shape index (κ3) is 4.15. The van der Waals surface area contributed by atoms with Gasteiger partial charge in [0, 0.05) is 11.8 Å². The van der Waals surface area contributed by atoms with E-state index in [4.69, 9.17) is 4.74 Å². The van der Waals surface area contributed by atoms with Gasteiger partial charge in [-0.1, -0.05) is 12.1 Å². The Morgan fingerprint density at radius 1 is 1.37 bits per heavy atom. The van der Waals surface area contributed by atoms with Crippen molar-refractivity contribution in [3.05, 3.63) is 41.6 Å². The predicted octanol–water partition coefficient (Wildman–Crippen LogP) is -1.51. The maximum atomic E-state index is 10.9. The zero-order chi connectivity index (χ0) is 13.1. The van der Waals surface area contributed by atoms with E-state index in [1.165, 1.54) is 0 Å². The summed E-state index contributed by atoms with van der Waals surface area (Å²) in [6.07, 6.45) is 1.72. The quantitative estimate of drug-likeness (QED) is 0.507. The molecule has 1 unspecified atom stereocenters. The van der Waals surface area contributed by atoms with Gasteiger partial charge in [0.15, 0.2) is 0 Å². The molecule has 1 aromatic carbocycles. The van der Waals surface area contributed by atoms with Crippen molar-refractivity contribution >= 4 is 11.1 Å². The molecule has 0 aliphatic carbocycles. The summed E-state index contributed by atoms with van der Waals surface area (Å²) in [5, 5.41) is 4.12. The second kappa shape index (κ2) is 7.21. The van der Waals surface area contributed by atoms with E-state index in [0.717, 1.165) is 11.3 Å². The average Bonchev–Trinajstić information content (AvgIpc) is 2.71. The minimum Gasteiger partial charge on any atom is -0.767 e. The minimum atomic E-state index is -2.28. The van der Waals surface area contributed by atoms with Crippen LogP contribution in [0.4, 0.5) is 0 Å². The fourth-order valence-electron chi connectivity index (χ4n) is 1.67. The number of methoxy groups -OCH3 is 1. The van der Waals surface area contributed by atoms with E-state index in [0.29, 0.717) is 12.1 Å². The number of hydrogen-bond donors (Lipinski definition) is 0. The molecule has 0 amide bonds. The number of rotatable bonds is 4. The standard InChI is InChI=1S/C12H14N2O3S.Na/c1-9-7-14(13-12(9)18(15)16)8-10-3-5-11(17-2)6-4-10;/h3-7H,8H2,1-2H3,(H,15,16);/q;+1/p-1. The molecule has 1 atom stereocenters. The Kier molecular flexibility index (Phi) is 6.22. The van der Waals surface area contributed by atoms with E-state index in [1.807, 2.05) is 24.3 Å². The fourth-order valence-corrected chi connectivity index (χ4v) is 2.15. The average molecular weight is 288 g/mol. The SMILES string of the molecule is COc1ccc(Cn2cc(C)c(S(=O)[O-])n2)cc1.[Na+]. The number of aromatic nitrogens is 2. The van der Waals surface area contributed by atoms with Crippen molar-refractivity contribution < 1.29 is 43.1 Å².